The summed E-state index contributed by atoms with van der Waals surface area (Å²) in [5.74, 6) is -1.66. The fraction of sp³-hybridized carbons (Fsp3) is 0.455. The van der Waals surface area contributed by atoms with E-state index in [4.69, 9.17) is 28.3 Å². The highest BCUT2D eigenvalue weighted by atomic mass is 35.5. The van der Waals surface area contributed by atoms with Crippen LogP contribution in [0.25, 0.3) is 0 Å². The van der Waals surface area contributed by atoms with Crippen molar-refractivity contribution >= 4 is 35.1 Å². The highest BCUT2D eigenvalue weighted by Crippen LogP contribution is 2.28. The molecule has 2 N–H and O–H groups in total. The number of carboxylic acid groups (broad SMARTS) is 1. The number of aliphatic hydroxyl groups is 1. The van der Waals surface area contributed by atoms with Crippen molar-refractivity contribution < 1.29 is 19.8 Å². The molecule has 0 spiro atoms. The van der Waals surface area contributed by atoms with Crippen molar-refractivity contribution in [2.24, 2.45) is 7.05 Å². The molecule has 1 saturated heterocycles. The van der Waals surface area contributed by atoms with Crippen molar-refractivity contribution in [3.05, 3.63) is 21.9 Å². The molecule has 6 nitrogen and oxygen atoms in total. The lowest BCUT2D eigenvalue weighted by Gasteiger charge is -2.21. The van der Waals surface area contributed by atoms with Gasteiger partial charge in [0.2, 0.25) is 0 Å². The molecule has 1 aliphatic rings. The van der Waals surface area contributed by atoms with Gasteiger partial charge in [0.05, 0.1) is 11.1 Å². The highest BCUT2D eigenvalue weighted by Gasteiger charge is 2.40. The van der Waals surface area contributed by atoms with Gasteiger partial charge in [0.15, 0.2) is 0 Å². The number of likely N-dealkylation sites (tertiary alicyclic amines) is 1. The van der Waals surface area contributed by atoms with Gasteiger partial charge >= 0.3 is 5.97 Å². The summed E-state index contributed by atoms with van der Waals surface area (Å²) in [6.07, 6.45) is -0.816. The van der Waals surface area contributed by atoms with Crippen LogP contribution in [0.5, 0.6) is 0 Å². The van der Waals surface area contributed by atoms with Crippen molar-refractivity contribution in [2.75, 3.05) is 6.54 Å². The number of nitrogens with zero attached hydrogens (tertiary/aromatic N) is 2. The van der Waals surface area contributed by atoms with Crippen molar-refractivity contribution in [1.29, 1.82) is 0 Å². The SMILES string of the molecule is Cn1c(C(=O)N2C[C@@H](O)C[C@H]2C(=O)O)cc(Cl)c1Cl. The maximum atomic E-state index is 12.3. The van der Waals surface area contributed by atoms with Gasteiger partial charge in [-0.2, -0.15) is 0 Å². The first-order valence-electron chi connectivity index (χ1n) is 5.55. The van der Waals surface area contributed by atoms with Gasteiger partial charge in [-0.05, 0) is 6.07 Å². The third-order valence-corrected chi connectivity index (χ3v) is 4.00. The van der Waals surface area contributed by atoms with Crippen LogP contribution < -0.4 is 0 Å². The summed E-state index contributed by atoms with van der Waals surface area (Å²) in [5.41, 5.74) is 0.190. The van der Waals surface area contributed by atoms with E-state index in [1.807, 2.05) is 0 Å². The number of carbonyl (C=O) groups is 2. The van der Waals surface area contributed by atoms with E-state index in [9.17, 15) is 14.7 Å². The van der Waals surface area contributed by atoms with E-state index in [2.05, 4.69) is 0 Å². The Hall–Kier alpha value is -1.24. The Bertz CT molecular complexity index is 543. The number of aliphatic hydroxyl groups excluding tert-OH is 1. The van der Waals surface area contributed by atoms with Crippen molar-refractivity contribution in [3.63, 3.8) is 0 Å². The molecule has 0 bridgehead atoms. The molecule has 0 saturated carbocycles. The molecule has 2 rings (SSSR count). The topological polar surface area (TPSA) is 82.8 Å². The van der Waals surface area contributed by atoms with Crippen LogP contribution in [0.3, 0.4) is 0 Å². The van der Waals surface area contributed by atoms with Gasteiger partial charge in [0.1, 0.15) is 16.9 Å². The summed E-state index contributed by atoms with van der Waals surface area (Å²) >= 11 is 11.7. The molecule has 0 unspecified atom stereocenters. The fourth-order valence-electron chi connectivity index (χ4n) is 2.17. The monoisotopic (exact) mass is 306 g/mol. The third-order valence-electron chi connectivity index (χ3n) is 3.16. The number of carboxylic acids is 1. The Balaban J connectivity index is 2.33. The third kappa shape index (κ3) is 2.43. The maximum Gasteiger partial charge on any atom is 0.326 e. The van der Waals surface area contributed by atoms with Crippen LogP contribution in [0, 0.1) is 0 Å². The van der Waals surface area contributed by atoms with Gasteiger partial charge in [-0.3, -0.25) is 4.79 Å². The van der Waals surface area contributed by atoms with E-state index >= 15 is 0 Å². The number of rotatable bonds is 2. The van der Waals surface area contributed by atoms with Crippen LogP contribution in [-0.4, -0.2) is 50.2 Å². The van der Waals surface area contributed by atoms with Crippen molar-refractivity contribution in [1.82, 2.24) is 9.47 Å². The zero-order valence-corrected chi connectivity index (χ0v) is 11.5. The van der Waals surface area contributed by atoms with Crippen LogP contribution in [-0.2, 0) is 11.8 Å². The first-order valence-corrected chi connectivity index (χ1v) is 6.31. The Morgan fingerprint density at radius 1 is 1.42 bits per heavy atom. The van der Waals surface area contributed by atoms with Crippen LogP contribution >= 0.6 is 23.2 Å². The second-order valence-corrected chi connectivity index (χ2v) is 5.19. The van der Waals surface area contributed by atoms with Crippen molar-refractivity contribution in [3.8, 4) is 0 Å². The molecule has 1 amide bonds. The van der Waals surface area contributed by atoms with E-state index in [0.29, 0.717) is 0 Å². The maximum absolute atomic E-state index is 12.3. The lowest BCUT2D eigenvalue weighted by Crippen LogP contribution is -2.41. The van der Waals surface area contributed by atoms with Gasteiger partial charge in [-0.15, -0.1) is 0 Å². The van der Waals surface area contributed by atoms with Gasteiger partial charge in [0.25, 0.3) is 5.91 Å². The minimum Gasteiger partial charge on any atom is -0.480 e. The Morgan fingerprint density at radius 3 is 2.53 bits per heavy atom. The predicted octanol–water partition coefficient (Wildman–Crippen LogP) is 0.992. The molecule has 0 aliphatic carbocycles. The summed E-state index contributed by atoms with van der Waals surface area (Å²) in [6, 6.07) is 0.352. The van der Waals surface area contributed by atoms with Gasteiger partial charge in [-0.25, -0.2) is 4.79 Å². The predicted molar refractivity (Wildman–Crippen MR) is 68.5 cm³/mol. The number of β-amino-alcohol motifs (C(OH)–C–C–N with tert-alkyl or cyclic N) is 1. The normalized spacial score (nSPS) is 22.8. The largest absolute Gasteiger partial charge is 0.480 e. The lowest BCUT2D eigenvalue weighted by atomic mass is 10.2. The average molecular weight is 307 g/mol. The van der Waals surface area contributed by atoms with Crippen LogP contribution in [0.1, 0.15) is 16.9 Å². The number of amides is 1. The molecule has 1 aromatic rings. The molecular weight excluding hydrogens is 295 g/mol. The first-order chi connectivity index (χ1) is 8.82. The summed E-state index contributed by atoms with van der Waals surface area (Å²) in [7, 11) is 1.56. The molecule has 1 fully saturated rings. The minimum atomic E-state index is -1.14. The van der Waals surface area contributed by atoms with Gasteiger partial charge < -0.3 is 19.7 Å². The molecule has 2 heterocycles. The van der Waals surface area contributed by atoms with E-state index in [1.54, 1.807) is 7.05 Å². The molecule has 1 aromatic heterocycles. The summed E-state index contributed by atoms with van der Waals surface area (Å²) in [5, 5.41) is 19.0. The first kappa shape index (κ1) is 14.2. The number of carbonyl (C=O) groups excluding carboxylic acids is 1. The zero-order valence-electron chi connectivity index (χ0n) is 10.0. The summed E-state index contributed by atoms with van der Waals surface area (Å²) < 4.78 is 1.38. The van der Waals surface area contributed by atoms with E-state index < -0.39 is 24.0 Å². The molecule has 8 heteroatoms. The minimum absolute atomic E-state index is 0.0176. The number of hydrogen-bond donors (Lipinski definition) is 2. The van der Waals surface area contributed by atoms with Gasteiger partial charge in [0, 0.05) is 20.0 Å². The second kappa shape index (κ2) is 5.03. The number of hydrogen-bond acceptors (Lipinski definition) is 3. The smallest absolute Gasteiger partial charge is 0.326 e. The zero-order chi connectivity index (χ0) is 14.3. The molecular formula is C11H12Cl2N2O4. The fourth-order valence-corrected chi connectivity index (χ4v) is 2.54. The van der Waals surface area contributed by atoms with E-state index in [1.165, 1.54) is 10.6 Å². The molecule has 1 aliphatic heterocycles. The molecule has 0 aromatic carbocycles. The quantitative estimate of drug-likeness (QED) is 0.853. The van der Waals surface area contributed by atoms with E-state index in [0.717, 1.165) is 4.90 Å². The lowest BCUT2D eigenvalue weighted by molar-refractivity contribution is -0.141. The Kier molecular flexibility index (Phi) is 3.75. The van der Waals surface area contributed by atoms with Crippen LogP contribution in [0.2, 0.25) is 10.2 Å². The molecule has 0 radical (unpaired) electrons. The second-order valence-electron chi connectivity index (χ2n) is 4.43. The standard InChI is InChI=1S/C11H12Cl2N2O4/c1-14-7(3-6(12)9(14)13)10(17)15-4-5(16)2-8(15)11(18)19/h3,5,8,16H,2,4H2,1H3,(H,18,19)/t5-,8-/m0/s1. The van der Waals surface area contributed by atoms with Crippen LogP contribution in [0.15, 0.2) is 6.07 Å². The van der Waals surface area contributed by atoms with Crippen molar-refractivity contribution in [2.45, 2.75) is 18.6 Å². The number of halogens is 2. The summed E-state index contributed by atoms with van der Waals surface area (Å²) in [4.78, 5) is 24.5. The van der Waals surface area contributed by atoms with E-state index in [-0.39, 0.29) is 28.8 Å². The number of aromatic nitrogens is 1. The van der Waals surface area contributed by atoms with Gasteiger partial charge in [-0.1, -0.05) is 23.2 Å². The molecule has 2 atom stereocenters. The molecule has 19 heavy (non-hydrogen) atoms. The number of aliphatic carboxylic acids is 1. The van der Waals surface area contributed by atoms with Crippen LogP contribution in [0.4, 0.5) is 0 Å². The molecule has 104 valence electrons. The highest BCUT2D eigenvalue weighted by molar-refractivity contribution is 6.41. The Labute approximate surface area is 119 Å². The average Bonchev–Trinajstić information content (AvgIpc) is 2.85. The summed E-state index contributed by atoms with van der Waals surface area (Å²) in [6.45, 7) is -0.0176. The Morgan fingerprint density at radius 2 is 2.05 bits per heavy atom.